The molecule has 176 valence electrons. The van der Waals surface area contributed by atoms with Crippen LogP contribution < -0.4 is 68.6 Å². The Hall–Kier alpha value is 1.42. The summed E-state index contributed by atoms with van der Waals surface area (Å²) < 4.78 is 90.7. The maximum atomic E-state index is 11.1. The molecule has 3 heterocycles. The van der Waals surface area contributed by atoms with Crippen molar-refractivity contribution in [2.75, 3.05) is 13.2 Å². The zero-order valence-corrected chi connectivity index (χ0v) is 22.5. The number of hydrogen-bond donors (Lipinski definition) is 6. The molecule has 0 amide bonds. The second-order valence-electron chi connectivity index (χ2n) is 6.87. The van der Waals surface area contributed by atoms with Gasteiger partial charge >= 0.3 is 59.1 Å². The second kappa shape index (κ2) is 12.1. The molecule has 0 unspecified atom stereocenters. The van der Waals surface area contributed by atoms with Gasteiger partial charge in [0.25, 0.3) is 0 Å². The van der Waals surface area contributed by atoms with Gasteiger partial charge in [-0.05, 0) is 0 Å². The first-order valence-electron chi connectivity index (χ1n) is 8.50. The molecule has 0 aromatic rings. The van der Waals surface area contributed by atoms with Crippen molar-refractivity contribution in [2.45, 2.75) is 61.3 Å². The van der Waals surface area contributed by atoms with Crippen molar-refractivity contribution in [1.82, 2.24) is 9.44 Å². The third-order valence-electron chi connectivity index (χ3n) is 4.83. The number of aliphatic hydroxyl groups excluding tert-OH is 4. The van der Waals surface area contributed by atoms with E-state index in [1.54, 1.807) is 4.72 Å². The third kappa shape index (κ3) is 7.46. The van der Waals surface area contributed by atoms with Gasteiger partial charge in [-0.25, -0.2) is 26.3 Å². The van der Waals surface area contributed by atoms with Crippen LogP contribution in [0.4, 0.5) is 0 Å². The van der Waals surface area contributed by atoms with E-state index in [1.165, 1.54) is 4.72 Å². The first-order valence-corrected chi connectivity index (χ1v) is 11.3. The number of aliphatic hydroxyl groups is 4. The Morgan fingerprint density at radius 3 is 2.00 bits per heavy atom. The third-order valence-corrected chi connectivity index (χ3v) is 5.95. The van der Waals surface area contributed by atoms with Crippen LogP contribution in [-0.2, 0) is 39.6 Å². The number of ether oxygens (including phenoxy) is 4. The summed E-state index contributed by atoms with van der Waals surface area (Å²) in [5.41, 5.74) is 0. The minimum absolute atomic E-state index is 0. The van der Waals surface area contributed by atoms with Gasteiger partial charge in [0.2, 0.25) is 0 Å². The fourth-order valence-corrected chi connectivity index (χ4v) is 4.66. The van der Waals surface area contributed by atoms with Gasteiger partial charge in [-0.3, -0.25) is 0 Å². The van der Waals surface area contributed by atoms with Gasteiger partial charge in [-0.2, -0.15) is 0 Å². The van der Waals surface area contributed by atoms with E-state index >= 15 is 0 Å². The molecule has 3 fully saturated rings. The summed E-state index contributed by atoms with van der Waals surface area (Å²) in [5, 5.41) is 39.9. The first kappa shape index (κ1) is 31.4. The largest absolute Gasteiger partial charge is 1.00 e. The van der Waals surface area contributed by atoms with E-state index < -0.39 is 88.5 Å². The van der Waals surface area contributed by atoms with Crippen LogP contribution in [0.2, 0.25) is 0 Å². The van der Waals surface area contributed by atoms with Crippen LogP contribution in [0.1, 0.15) is 0 Å². The molecule has 3 aliphatic heterocycles. The van der Waals surface area contributed by atoms with Gasteiger partial charge < -0.3 is 48.5 Å². The molecular formula is C12H20N2Na2O14S2. The molecule has 0 aromatic carbocycles. The molecule has 32 heavy (non-hydrogen) atoms. The normalized spacial score (nSPS) is 42.1. The maximum Gasteiger partial charge on any atom is 1.00 e. The minimum atomic E-state index is -5.18. The maximum absolute atomic E-state index is 11.1. The fourth-order valence-electron chi connectivity index (χ4n) is 3.49. The van der Waals surface area contributed by atoms with Crippen molar-refractivity contribution in [3.8, 4) is 0 Å². The minimum Gasteiger partial charge on any atom is -0.735 e. The summed E-state index contributed by atoms with van der Waals surface area (Å²) >= 11 is 0. The molecule has 0 saturated carbocycles. The van der Waals surface area contributed by atoms with E-state index in [4.69, 9.17) is 18.9 Å². The van der Waals surface area contributed by atoms with E-state index in [9.17, 15) is 46.4 Å². The summed E-state index contributed by atoms with van der Waals surface area (Å²) in [4.78, 5) is 0. The topological polar surface area (TPSA) is 256 Å². The fraction of sp³-hybridized carbons (Fsp3) is 1.00. The Kier molecular flexibility index (Phi) is 11.9. The number of fused-ring (bicyclic) bond motifs is 2. The van der Waals surface area contributed by atoms with E-state index in [0.29, 0.717) is 0 Å². The quantitative estimate of drug-likeness (QED) is 0.133. The molecule has 10 atom stereocenters. The summed E-state index contributed by atoms with van der Waals surface area (Å²) in [6, 6.07) is -3.47. The van der Waals surface area contributed by atoms with Gasteiger partial charge in [-0.15, -0.1) is 0 Å². The predicted octanol–water partition coefficient (Wildman–Crippen LogP) is -12.2. The molecule has 16 nitrogen and oxygen atoms in total. The smallest absolute Gasteiger partial charge is 0.735 e. The van der Waals surface area contributed by atoms with Crippen LogP contribution in [0, 0.1) is 0 Å². The van der Waals surface area contributed by atoms with Crippen LogP contribution in [-0.4, -0.2) is 121 Å². The van der Waals surface area contributed by atoms with E-state index in [-0.39, 0.29) is 65.7 Å². The van der Waals surface area contributed by atoms with E-state index in [1.807, 2.05) is 0 Å². The van der Waals surface area contributed by atoms with E-state index in [0.717, 1.165) is 0 Å². The monoisotopic (exact) mass is 526 g/mol. The number of rotatable bonds is 7. The zero-order valence-electron chi connectivity index (χ0n) is 16.9. The molecule has 3 saturated heterocycles. The molecule has 3 aliphatic rings. The van der Waals surface area contributed by atoms with Crippen LogP contribution in [0.15, 0.2) is 0 Å². The first-order chi connectivity index (χ1) is 13.8. The SMILES string of the molecule is O=S(=O)([O-])N[C@H]1[C@@H]2OC[C@@H](O2)[C@@H](O[C@H]2O[C@H](CO)[C@@H](O)[C@H](O)[C@H]2NS(=O)(=O)[O-])[C@@H]1O.[Na+].[Na+]. The van der Waals surface area contributed by atoms with Gasteiger partial charge in [0.05, 0.1) is 13.2 Å². The Balaban J connectivity index is 0.00000256. The molecule has 0 aromatic heterocycles. The van der Waals surface area contributed by atoms with E-state index in [2.05, 4.69) is 0 Å². The second-order valence-corrected chi connectivity index (χ2v) is 9.16. The van der Waals surface area contributed by atoms with Gasteiger partial charge in [-0.1, -0.05) is 0 Å². The zero-order chi connectivity index (χ0) is 22.4. The van der Waals surface area contributed by atoms with Crippen LogP contribution >= 0.6 is 0 Å². The van der Waals surface area contributed by atoms with Crippen molar-refractivity contribution in [3.05, 3.63) is 0 Å². The van der Waals surface area contributed by atoms with Crippen LogP contribution in [0.3, 0.4) is 0 Å². The molecule has 6 N–H and O–H groups in total. The van der Waals surface area contributed by atoms with Crippen LogP contribution in [0.5, 0.6) is 0 Å². The molecule has 3 rings (SSSR count). The molecular weight excluding hydrogens is 506 g/mol. The summed E-state index contributed by atoms with van der Waals surface area (Å²) in [6.45, 7) is -1.05. The van der Waals surface area contributed by atoms with Gasteiger partial charge in [0.15, 0.2) is 33.2 Å². The summed E-state index contributed by atoms with van der Waals surface area (Å²) in [7, 11) is -10.2. The van der Waals surface area contributed by atoms with Gasteiger partial charge in [0.1, 0.15) is 48.7 Å². The molecule has 0 aliphatic carbocycles. The van der Waals surface area contributed by atoms with Crippen molar-refractivity contribution in [3.63, 3.8) is 0 Å². The van der Waals surface area contributed by atoms with Crippen molar-refractivity contribution >= 4 is 20.6 Å². The van der Waals surface area contributed by atoms with Gasteiger partial charge in [0, 0.05) is 0 Å². The average Bonchev–Trinajstić information content (AvgIpc) is 3.06. The Bertz CT molecular complexity index is 834. The molecule has 0 radical (unpaired) electrons. The number of hydrogen-bond acceptors (Lipinski definition) is 14. The molecule has 0 spiro atoms. The van der Waals surface area contributed by atoms with Crippen LogP contribution in [0.25, 0.3) is 0 Å². The average molecular weight is 526 g/mol. The Morgan fingerprint density at radius 1 is 0.906 bits per heavy atom. The van der Waals surface area contributed by atoms with Crippen molar-refractivity contribution in [2.24, 2.45) is 0 Å². The predicted molar refractivity (Wildman–Crippen MR) is 86.5 cm³/mol. The molecule has 2 bridgehead atoms. The van der Waals surface area contributed by atoms with Crippen molar-refractivity contribution in [1.29, 1.82) is 0 Å². The van der Waals surface area contributed by atoms with Crippen molar-refractivity contribution < 1.29 is 124 Å². The molecule has 20 heteroatoms. The summed E-state index contributed by atoms with van der Waals surface area (Å²) in [5.74, 6) is 0. The Morgan fingerprint density at radius 2 is 1.47 bits per heavy atom. The Labute approximate surface area is 227 Å². The number of nitrogens with one attached hydrogen (secondary N) is 2. The summed E-state index contributed by atoms with van der Waals surface area (Å²) in [6.07, 6.45) is -12.7. The standard InChI is InChI=1S/C12H22N2O14S2.2Na/c15-1-3-7(16)8(17)5(13-29(19,20)21)12(26-3)28-10-4-2-25-11(27-4)6(9(10)18)14-30(22,23)24;;/h3-18H,1-2H2,(H,19,20,21)(H,22,23,24);;/q;2*+1/p-2/t3-,4-,5-,6-,7-,8-,9-,10-,11-,12-;;/m1../s1.